The summed E-state index contributed by atoms with van der Waals surface area (Å²) in [5, 5.41) is 1.11. The highest BCUT2D eigenvalue weighted by atomic mass is 32.2. The molecule has 0 aliphatic heterocycles. The minimum Gasteiger partial charge on any atom is -0.407 e. The first-order valence-corrected chi connectivity index (χ1v) is 5.49. The Balaban J connectivity index is 3.35. The Morgan fingerprint density at radius 3 is 2.54 bits per heavy atom. The smallest absolute Gasteiger partial charge is 0.232 e. The molecule has 0 aliphatic rings. The Bertz CT molecular complexity index is 215. The second kappa shape index (κ2) is 8.11. The summed E-state index contributed by atoms with van der Waals surface area (Å²) in [6.45, 7) is 6.20. The molecule has 0 fully saturated rings. The molecule has 13 heavy (non-hydrogen) atoms. The average Bonchev–Trinajstić information content (AvgIpc) is 2.12. The molecule has 0 saturated heterocycles. The normalized spacial score (nSPS) is 14.5. The standard InChI is InChI=1S/C6H10O5S2/c1-3-10-13(8)6-9-5-11-12(7)4-2/h3-4H,1-2,5-6H2. The molecule has 0 rings (SSSR count). The zero-order valence-electron chi connectivity index (χ0n) is 6.84. The summed E-state index contributed by atoms with van der Waals surface area (Å²) in [5.41, 5.74) is 0. The van der Waals surface area contributed by atoms with Crippen LogP contribution in [0.2, 0.25) is 0 Å². The van der Waals surface area contributed by atoms with Crippen LogP contribution in [0.1, 0.15) is 0 Å². The van der Waals surface area contributed by atoms with Crippen LogP contribution in [-0.4, -0.2) is 21.1 Å². The number of hydrogen-bond donors (Lipinski definition) is 0. The first-order valence-electron chi connectivity index (χ1n) is 3.11. The van der Waals surface area contributed by atoms with Gasteiger partial charge in [-0.3, -0.25) is 4.18 Å². The minimum atomic E-state index is -1.58. The zero-order chi connectivity index (χ0) is 10.1. The molecule has 0 N–H and O–H groups in total. The Morgan fingerprint density at radius 1 is 1.31 bits per heavy atom. The van der Waals surface area contributed by atoms with Crippen molar-refractivity contribution in [1.29, 1.82) is 0 Å². The van der Waals surface area contributed by atoms with Crippen LogP contribution in [-0.2, 0) is 35.3 Å². The minimum absolute atomic E-state index is 0.166. The van der Waals surface area contributed by atoms with Gasteiger partial charge in [0.05, 0.1) is 6.26 Å². The second-order valence-electron chi connectivity index (χ2n) is 1.55. The van der Waals surface area contributed by atoms with Gasteiger partial charge >= 0.3 is 0 Å². The van der Waals surface area contributed by atoms with E-state index in [-0.39, 0.29) is 12.7 Å². The Hall–Kier alpha value is -0.500. The third-order valence-electron chi connectivity index (χ3n) is 0.739. The lowest BCUT2D eigenvalue weighted by Gasteiger charge is -2.01. The highest BCUT2D eigenvalue weighted by Crippen LogP contribution is 1.91. The molecule has 0 amide bonds. The molecular weight excluding hydrogens is 216 g/mol. The van der Waals surface area contributed by atoms with Gasteiger partial charge in [-0.25, -0.2) is 8.42 Å². The van der Waals surface area contributed by atoms with E-state index < -0.39 is 22.2 Å². The van der Waals surface area contributed by atoms with Crippen molar-refractivity contribution in [2.45, 2.75) is 0 Å². The van der Waals surface area contributed by atoms with Gasteiger partial charge in [-0.15, -0.1) is 0 Å². The first-order chi connectivity index (χ1) is 6.20. The van der Waals surface area contributed by atoms with Crippen molar-refractivity contribution in [1.82, 2.24) is 0 Å². The van der Waals surface area contributed by atoms with Crippen LogP contribution in [0, 0.1) is 0 Å². The van der Waals surface area contributed by atoms with Gasteiger partial charge in [0.25, 0.3) is 0 Å². The SMILES string of the molecule is C=COS(=O)COCOS(=O)C=C. The van der Waals surface area contributed by atoms with Gasteiger partial charge in [-0.1, -0.05) is 13.2 Å². The molecule has 0 saturated carbocycles. The van der Waals surface area contributed by atoms with Crippen LogP contribution < -0.4 is 0 Å². The van der Waals surface area contributed by atoms with Crippen molar-refractivity contribution < 1.29 is 21.5 Å². The molecule has 0 bridgehead atoms. The molecule has 0 heterocycles. The van der Waals surface area contributed by atoms with E-state index in [1.807, 2.05) is 0 Å². The van der Waals surface area contributed by atoms with Crippen molar-refractivity contribution >= 4 is 22.2 Å². The molecule has 0 aromatic carbocycles. The molecule has 0 radical (unpaired) electrons. The van der Waals surface area contributed by atoms with Gasteiger partial charge in [0.2, 0.25) is 11.1 Å². The molecule has 2 atom stereocenters. The average molecular weight is 226 g/mol. The third kappa shape index (κ3) is 7.85. The maximum atomic E-state index is 10.7. The summed E-state index contributed by atoms with van der Waals surface area (Å²) in [6.07, 6.45) is 1.04. The molecular formula is C6H10O5S2. The highest BCUT2D eigenvalue weighted by Gasteiger charge is 1.98. The second-order valence-corrected chi connectivity index (χ2v) is 3.68. The lowest BCUT2D eigenvalue weighted by atomic mass is 11.2. The van der Waals surface area contributed by atoms with Crippen LogP contribution in [0.5, 0.6) is 0 Å². The summed E-state index contributed by atoms with van der Waals surface area (Å²) in [5.74, 6) is -0.166. The van der Waals surface area contributed by atoms with E-state index in [9.17, 15) is 8.42 Å². The van der Waals surface area contributed by atoms with E-state index in [2.05, 4.69) is 26.3 Å². The van der Waals surface area contributed by atoms with E-state index in [4.69, 9.17) is 0 Å². The highest BCUT2D eigenvalue weighted by molar-refractivity contribution is 7.83. The van der Waals surface area contributed by atoms with Gasteiger partial charge in [0.1, 0.15) is 0 Å². The van der Waals surface area contributed by atoms with Crippen molar-refractivity contribution in [3.05, 3.63) is 24.8 Å². The van der Waals surface area contributed by atoms with Crippen LogP contribution in [0.15, 0.2) is 24.8 Å². The van der Waals surface area contributed by atoms with E-state index in [1.165, 1.54) is 0 Å². The van der Waals surface area contributed by atoms with Crippen molar-refractivity contribution in [2.24, 2.45) is 0 Å². The summed E-state index contributed by atoms with van der Waals surface area (Å²) >= 11 is -3.15. The third-order valence-corrected chi connectivity index (χ3v) is 2.05. The van der Waals surface area contributed by atoms with Crippen LogP contribution in [0.4, 0.5) is 0 Å². The summed E-state index contributed by atoms with van der Waals surface area (Å²) < 4.78 is 34.9. The van der Waals surface area contributed by atoms with E-state index >= 15 is 0 Å². The summed E-state index contributed by atoms with van der Waals surface area (Å²) in [7, 11) is 0. The van der Waals surface area contributed by atoms with Crippen molar-refractivity contribution in [2.75, 3.05) is 12.7 Å². The van der Waals surface area contributed by atoms with Crippen LogP contribution >= 0.6 is 0 Å². The largest absolute Gasteiger partial charge is 0.407 e. The first kappa shape index (κ1) is 12.5. The lowest BCUT2D eigenvalue weighted by molar-refractivity contribution is 0.0494. The molecule has 0 aliphatic carbocycles. The van der Waals surface area contributed by atoms with Crippen molar-refractivity contribution in [3.8, 4) is 0 Å². The molecule has 0 spiro atoms. The fourth-order valence-electron chi connectivity index (χ4n) is 0.335. The molecule has 76 valence electrons. The maximum absolute atomic E-state index is 10.7. The predicted molar refractivity (Wildman–Crippen MR) is 49.7 cm³/mol. The molecule has 5 nitrogen and oxygen atoms in total. The van der Waals surface area contributed by atoms with Gasteiger partial charge in [-0.2, -0.15) is 0 Å². The lowest BCUT2D eigenvalue weighted by Crippen LogP contribution is -2.07. The fraction of sp³-hybridized carbons (Fsp3) is 0.333. The Morgan fingerprint density at radius 2 is 2.00 bits per heavy atom. The molecule has 0 aromatic rings. The van der Waals surface area contributed by atoms with Gasteiger partial charge in [-0.05, 0) is 0 Å². The number of rotatable bonds is 8. The van der Waals surface area contributed by atoms with Gasteiger partial charge in [0.15, 0.2) is 23.8 Å². The molecule has 2 unspecified atom stereocenters. The van der Waals surface area contributed by atoms with E-state index in [0.29, 0.717) is 0 Å². The Labute approximate surface area is 81.7 Å². The van der Waals surface area contributed by atoms with Crippen LogP contribution in [0.3, 0.4) is 0 Å². The summed E-state index contributed by atoms with van der Waals surface area (Å²) in [4.78, 5) is 0. The zero-order valence-corrected chi connectivity index (χ0v) is 8.47. The monoisotopic (exact) mass is 226 g/mol. The molecule has 7 heteroatoms. The summed E-state index contributed by atoms with van der Waals surface area (Å²) in [6, 6.07) is 0. The molecule has 0 aromatic heterocycles. The van der Waals surface area contributed by atoms with Crippen LogP contribution in [0.25, 0.3) is 0 Å². The van der Waals surface area contributed by atoms with E-state index in [1.54, 1.807) is 0 Å². The predicted octanol–water partition coefficient (Wildman–Crippen LogP) is 0.566. The number of hydrogen-bond acceptors (Lipinski definition) is 5. The number of ether oxygens (including phenoxy) is 1. The Kier molecular flexibility index (Phi) is 7.80. The van der Waals surface area contributed by atoms with Gasteiger partial charge < -0.3 is 8.92 Å². The quantitative estimate of drug-likeness (QED) is 0.344. The maximum Gasteiger partial charge on any atom is 0.232 e. The van der Waals surface area contributed by atoms with Gasteiger partial charge in [0, 0.05) is 5.41 Å². The topological polar surface area (TPSA) is 61.8 Å². The van der Waals surface area contributed by atoms with E-state index in [0.717, 1.165) is 11.7 Å². The van der Waals surface area contributed by atoms with Crippen molar-refractivity contribution in [3.63, 3.8) is 0 Å². The fourth-order valence-corrected chi connectivity index (χ4v) is 1.01.